The molecule has 69 heavy (non-hydrogen) atoms. The van der Waals surface area contributed by atoms with Crippen LogP contribution in [-0.4, -0.2) is 140 Å². The second kappa shape index (κ2) is 42.4. The first-order chi connectivity index (χ1) is 33.6. The Labute approximate surface area is 419 Å². The lowest BCUT2D eigenvalue weighted by Gasteiger charge is -2.46. The smallest absolute Gasteiger partial charge is 0.220 e. The molecule has 2 heterocycles. The summed E-state index contributed by atoms with van der Waals surface area (Å²) >= 11 is 0. The Morgan fingerprint density at radius 1 is 0.464 bits per heavy atom. The van der Waals surface area contributed by atoms with Gasteiger partial charge < -0.3 is 65.1 Å². The minimum absolute atomic E-state index is 0.202. The second-order valence-corrected chi connectivity index (χ2v) is 20.8. The fourth-order valence-electron chi connectivity index (χ4n) is 9.89. The Morgan fingerprint density at radius 2 is 0.826 bits per heavy atom. The van der Waals surface area contributed by atoms with Crippen LogP contribution in [0.1, 0.15) is 251 Å². The van der Waals surface area contributed by atoms with Crippen LogP contribution in [-0.2, 0) is 23.7 Å². The number of hydrogen-bond donors (Lipinski definition) is 9. The molecule has 0 radical (unpaired) electrons. The van der Waals surface area contributed by atoms with Crippen molar-refractivity contribution in [3.8, 4) is 0 Å². The average Bonchev–Trinajstić information content (AvgIpc) is 3.35. The zero-order valence-electron chi connectivity index (χ0n) is 43.8. The van der Waals surface area contributed by atoms with E-state index >= 15 is 0 Å². The van der Waals surface area contributed by atoms with Gasteiger partial charge >= 0.3 is 0 Å². The predicted octanol–water partition coefficient (Wildman–Crippen LogP) is 8.95. The van der Waals surface area contributed by atoms with E-state index in [0.717, 1.165) is 51.4 Å². The molecule has 0 spiro atoms. The number of aliphatic hydroxyl groups is 8. The van der Waals surface area contributed by atoms with Crippen LogP contribution in [0.25, 0.3) is 0 Å². The fourth-order valence-corrected chi connectivity index (χ4v) is 9.89. The van der Waals surface area contributed by atoms with Gasteiger partial charge in [0.2, 0.25) is 5.91 Å². The van der Waals surface area contributed by atoms with Crippen LogP contribution in [0.15, 0.2) is 0 Å². The van der Waals surface area contributed by atoms with Crippen LogP contribution in [0.2, 0.25) is 0 Å². The third kappa shape index (κ3) is 28.9. The van der Waals surface area contributed by atoms with Crippen molar-refractivity contribution in [1.29, 1.82) is 0 Å². The number of carbonyl (C=O) groups excluding carboxylic acids is 1. The Kier molecular flexibility index (Phi) is 39.4. The highest BCUT2D eigenvalue weighted by Gasteiger charge is 2.51. The number of hydrogen-bond acceptors (Lipinski definition) is 13. The first-order valence-corrected chi connectivity index (χ1v) is 28.8. The molecule has 1 amide bonds. The quantitative estimate of drug-likeness (QED) is 0.0260. The Hall–Kier alpha value is -1.01. The van der Waals surface area contributed by atoms with E-state index < -0.39 is 86.8 Å². The van der Waals surface area contributed by atoms with E-state index in [-0.39, 0.29) is 12.5 Å². The second-order valence-electron chi connectivity index (χ2n) is 20.8. The van der Waals surface area contributed by atoms with Crippen molar-refractivity contribution in [3.63, 3.8) is 0 Å². The van der Waals surface area contributed by atoms with Crippen molar-refractivity contribution < 1.29 is 64.6 Å². The summed E-state index contributed by atoms with van der Waals surface area (Å²) in [6.45, 7) is 2.87. The zero-order valence-corrected chi connectivity index (χ0v) is 43.8. The molecule has 2 saturated heterocycles. The normalized spacial score (nSPS) is 26.1. The molecule has 2 aliphatic rings. The molecule has 2 fully saturated rings. The molecule has 0 aromatic carbocycles. The summed E-state index contributed by atoms with van der Waals surface area (Å²) < 4.78 is 22.8. The van der Waals surface area contributed by atoms with Crippen molar-refractivity contribution in [3.05, 3.63) is 0 Å². The van der Waals surface area contributed by atoms with Crippen molar-refractivity contribution in [2.75, 3.05) is 19.8 Å². The summed E-state index contributed by atoms with van der Waals surface area (Å²) in [5, 5.41) is 87.0. The number of ether oxygens (including phenoxy) is 4. The van der Waals surface area contributed by atoms with E-state index in [4.69, 9.17) is 18.9 Å². The lowest BCUT2D eigenvalue weighted by molar-refractivity contribution is -0.359. The molecule has 0 aliphatic carbocycles. The van der Waals surface area contributed by atoms with Gasteiger partial charge in [-0.15, -0.1) is 0 Å². The van der Waals surface area contributed by atoms with Gasteiger partial charge in [0.15, 0.2) is 12.6 Å². The highest BCUT2D eigenvalue weighted by Crippen LogP contribution is 2.30. The van der Waals surface area contributed by atoms with Gasteiger partial charge in [0, 0.05) is 6.42 Å². The third-order valence-corrected chi connectivity index (χ3v) is 14.6. The number of rotatable bonds is 46. The summed E-state index contributed by atoms with van der Waals surface area (Å²) in [5.41, 5.74) is 0. The number of carbonyl (C=O) groups is 1. The van der Waals surface area contributed by atoms with E-state index in [9.17, 15) is 45.6 Å². The van der Waals surface area contributed by atoms with E-state index in [1.54, 1.807) is 0 Å². The van der Waals surface area contributed by atoms with Crippen molar-refractivity contribution in [2.24, 2.45) is 0 Å². The molecule has 2 rings (SSSR count). The lowest BCUT2D eigenvalue weighted by Crippen LogP contribution is -2.65. The maximum absolute atomic E-state index is 13.2. The van der Waals surface area contributed by atoms with E-state index in [1.165, 1.54) is 173 Å². The van der Waals surface area contributed by atoms with Gasteiger partial charge in [-0.1, -0.05) is 232 Å². The number of nitrogens with one attached hydrogen (secondary N) is 1. The molecule has 410 valence electrons. The molecular weight excluding hydrogens is 883 g/mol. The first-order valence-electron chi connectivity index (χ1n) is 28.8. The van der Waals surface area contributed by atoms with Gasteiger partial charge in [0.1, 0.15) is 48.8 Å². The molecule has 0 aromatic rings. The maximum atomic E-state index is 13.2. The highest BCUT2D eigenvalue weighted by molar-refractivity contribution is 5.76. The molecule has 0 saturated carbocycles. The molecule has 12 unspecified atom stereocenters. The Bertz CT molecular complexity index is 1170. The van der Waals surface area contributed by atoms with Crippen LogP contribution >= 0.6 is 0 Å². The molecule has 2 aliphatic heterocycles. The van der Waals surface area contributed by atoms with Gasteiger partial charge in [-0.25, -0.2) is 0 Å². The summed E-state index contributed by atoms with van der Waals surface area (Å²) in [7, 11) is 0. The molecule has 0 bridgehead atoms. The van der Waals surface area contributed by atoms with Crippen LogP contribution in [0.3, 0.4) is 0 Å². The number of aliphatic hydroxyl groups excluding tert-OH is 8. The number of unbranched alkanes of at least 4 members (excludes halogenated alkanes) is 33. The topological polar surface area (TPSA) is 228 Å². The molecular formula is C55H107NO13. The van der Waals surface area contributed by atoms with Crippen LogP contribution in [0.4, 0.5) is 0 Å². The van der Waals surface area contributed by atoms with Gasteiger partial charge in [0.05, 0.1) is 32.0 Å². The minimum atomic E-state index is -1.78. The van der Waals surface area contributed by atoms with E-state index in [2.05, 4.69) is 19.2 Å². The monoisotopic (exact) mass is 990 g/mol. The van der Waals surface area contributed by atoms with Crippen LogP contribution < -0.4 is 5.32 Å². The lowest BCUT2D eigenvalue weighted by atomic mass is 9.97. The Balaban J connectivity index is 1.70. The zero-order chi connectivity index (χ0) is 50.3. The standard InChI is InChI=1S/C55H107NO13/c1-3-5-7-9-11-13-15-16-17-18-19-20-21-22-23-24-25-26-27-29-31-33-35-37-39-47(60)56-43(44(59)38-36-34-32-30-28-14-12-10-8-6-4-2)42-66-54-52(65)50(63)53(46(41-58)68-54)69-55-51(64)49(62)48(61)45(40-57)67-55/h43-46,48-55,57-59,61-65H,3-42H2,1-2H3,(H,56,60). The molecule has 0 aromatic heterocycles. The largest absolute Gasteiger partial charge is 0.394 e. The fraction of sp³-hybridized carbons (Fsp3) is 0.982. The van der Waals surface area contributed by atoms with Crippen LogP contribution in [0, 0.1) is 0 Å². The van der Waals surface area contributed by atoms with Crippen molar-refractivity contribution in [2.45, 2.75) is 325 Å². The van der Waals surface area contributed by atoms with Crippen molar-refractivity contribution in [1.82, 2.24) is 5.32 Å². The maximum Gasteiger partial charge on any atom is 0.220 e. The molecule has 9 N–H and O–H groups in total. The van der Waals surface area contributed by atoms with Gasteiger partial charge in [0.25, 0.3) is 0 Å². The van der Waals surface area contributed by atoms with Gasteiger partial charge in [-0.05, 0) is 12.8 Å². The summed E-state index contributed by atoms with van der Waals surface area (Å²) in [4.78, 5) is 13.2. The third-order valence-electron chi connectivity index (χ3n) is 14.6. The molecule has 14 heteroatoms. The summed E-state index contributed by atoms with van der Waals surface area (Å²) in [5.74, 6) is -0.202. The minimum Gasteiger partial charge on any atom is -0.394 e. The molecule has 14 nitrogen and oxygen atoms in total. The average molecular weight is 990 g/mol. The van der Waals surface area contributed by atoms with Crippen LogP contribution in [0.5, 0.6) is 0 Å². The van der Waals surface area contributed by atoms with Gasteiger partial charge in [-0.2, -0.15) is 0 Å². The van der Waals surface area contributed by atoms with Gasteiger partial charge in [-0.3, -0.25) is 4.79 Å². The predicted molar refractivity (Wildman–Crippen MR) is 272 cm³/mol. The first kappa shape index (κ1) is 64.1. The van der Waals surface area contributed by atoms with E-state index in [1.807, 2.05) is 0 Å². The summed E-state index contributed by atoms with van der Waals surface area (Å²) in [6, 6.07) is -0.821. The number of amides is 1. The highest BCUT2D eigenvalue weighted by atomic mass is 16.7. The molecule has 12 atom stereocenters. The Morgan fingerprint density at radius 3 is 1.23 bits per heavy atom. The SMILES string of the molecule is CCCCCCCCCCCCCCCCCCCCCCCCCCC(=O)NC(COC1OC(CO)C(OC2OC(CO)C(O)C(O)C2O)C(O)C1O)C(O)CCCCCCCCCCCCC. The van der Waals surface area contributed by atoms with Crippen molar-refractivity contribution >= 4 is 5.91 Å². The summed E-state index contributed by atoms with van der Waals surface area (Å²) in [6.07, 6.45) is 28.3. The van der Waals surface area contributed by atoms with E-state index in [0.29, 0.717) is 12.8 Å².